The molecule has 1 aromatic heterocycles. The second-order valence-corrected chi connectivity index (χ2v) is 6.11. The van der Waals surface area contributed by atoms with Gasteiger partial charge in [-0.15, -0.1) is 0 Å². The summed E-state index contributed by atoms with van der Waals surface area (Å²) < 4.78 is 39.9. The summed E-state index contributed by atoms with van der Waals surface area (Å²) in [6.45, 7) is 1.27. The number of benzene rings is 2. The van der Waals surface area contributed by atoms with Crippen molar-refractivity contribution in [1.29, 1.82) is 0 Å². The first-order chi connectivity index (χ1) is 12.4. The molecule has 1 saturated heterocycles. The molecule has 4 rings (SSSR count). The van der Waals surface area contributed by atoms with Gasteiger partial charge in [-0.25, -0.2) is 0 Å². The molecule has 134 valence electrons. The predicted octanol–water partition coefficient (Wildman–Crippen LogP) is 3.77. The van der Waals surface area contributed by atoms with Crippen LogP contribution in [0.1, 0.15) is 11.6 Å². The molecule has 2 aromatic carbocycles. The Morgan fingerprint density at radius 2 is 1.85 bits per heavy atom. The molecule has 1 aliphatic heterocycles. The van der Waals surface area contributed by atoms with Crippen molar-refractivity contribution in [3.05, 3.63) is 58.1 Å². The zero-order chi connectivity index (χ0) is 18.5. The summed E-state index contributed by atoms with van der Waals surface area (Å²) in [7, 11) is 0. The van der Waals surface area contributed by atoms with E-state index in [0.717, 1.165) is 12.1 Å². The van der Waals surface area contributed by atoms with E-state index in [4.69, 9.17) is 0 Å². The van der Waals surface area contributed by atoms with E-state index < -0.39 is 16.7 Å². The fraction of sp³-hybridized carbons (Fsp3) is 0.235. The van der Waals surface area contributed by atoms with Crippen molar-refractivity contribution >= 4 is 16.6 Å². The van der Waals surface area contributed by atoms with Gasteiger partial charge in [-0.3, -0.25) is 14.8 Å². The Hall–Kier alpha value is -2.94. The SMILES string of the molecule is O=[N+]([O-])c1cccc2c(-c3ccc(C(F)(F)F)cc3)nn(C3CNC3)c12. The molecule has 6 nitrogen and oxygen atoms in total. The first kappa shape index (κ1) is 16.5. The second-order valence-electron chi connectivity index (χ2n) is 6.11. The third kappa shape index (κ3) is 2.60. The van der Waals surface area contributed by atoms with Crippen LogP contribution in [0.15, 0.2) is 42.5 Å². The molecular formula is C17H13F3N4O2. The minimum absolute atomic E-state index is 0.0261. The summed E-state index contributed by atoms with van der Waals surface area (Å²) in [6.07, 6.45) is -4.42. The number of nitrogens with zero attached hydrogens (tertiary/aromatic N) is 3. The molecule has 1 aliphatic rings. The van der Waals surface area contributed by atoms with Crippen LogP contribution in [0.3, 0.4) is 0 Å². The predicted molar refractivity (Wildman–Crippen MR) is 88.7 cm³/mol. The zero-order valence-corrected chi connectivity index (χ0v) is 13.3. The lowest BCUT2D eigenvalue weighted by Gasteiger charge is -2.27. The third-order valence-electron chi connectivity index (χ3n) is 4.49. The number of alkyl halides is 3. The fourth-order valence-corrected chi connectivity index (χ4v) is 3.06. The number of nitro benzene ring substituents is 1. The highest BCUT2D eigenvalue weighted by Gasteiger charge is 2.31. The minimum Gasteiger partial charge on any atom is -0.312 e. The number of nitro groups is 1. The maximum absolute atomic E-state index is 12.8. The molecule has 1 fully saturated rings. The van der Waals surface area contributed by atoms with Gasteiger partial charge in [0, 0.05) is 30.1 Å². The number of hydrogen-bond donors (Lipinski definition) is 1. The summed E-state index contributed by atoms with van der Waals surface area (Å²) in [6, 6.07) is 9.29. The molecule has 0 amide bonds. The van der Waals surface area contributed by atoms with Crippen LogP contribution in [0.25, 0.3) is 22.2 Å². The van der Waals surface area contributed by atoms with E-state index in [2.05, 4.69) is 10.4 Å². The molecule has 26 heavy (non-hydrogen) atoms. The van der Waals surface area contributed by atoms with Crippen molar-refractivity contribution < 1.29 is 18.1 Å². The smallest absolute Gasteiger partial charge is 0.312 e. The lowest BCUT2D eigenvalue weighted by molar-refractivity contribution is -0.383. The van der Waals surface area contributed by atoms with E-state index in [1.807, 2.05) is 0 Å². The quantitative estimate of drug-likeness (QED) is 0.569. The molecular weight excluding hydrogens is 349 g/mol. The molecule has 0 bridgehead atoms. The molecule has 0 radical (unpaired) electrons. The first-order valence-corrected chi connectivity index (χ1v) is 7.90. The molecule has 0 spiro atoms. The number of aromatic nitrogens is 2. The van der Waals surface area contributed by atoms with Crippen molar-refractivity contribution in [2.45, 2.75) is 12.2 Å². The Balaban J connectivity index is 1.90. The normalized spacial score (nSPS) is 15.2. The number of non-ortho nitro benzene ring substituents is 1. The second kappa shape index (κ2) is 5.80. The average Bonchev–Trinajstić information content (AvgIpc) is 2.92. The number of para-hydroxylation sites is 1. The van der Waals surface area contributed by atoms with Crippen molar-refractivity contribution in [3.63, 3.8) is 0 Å². The highest BCUT2D eigenvalue weighted by Crippen LogP contribution is 2.37. The van der Waals surface area contributed by atoms with Crippen LogP contribution in [-0.2, 0) is 6.18 Å². The Bertz CT molecular complexity index is 992. The molecule has 0 saturated carbocycles. The summed E-state index contributed by atoms with van der Waals surface area (Å²) in [5, 5.41) is 19.6. The van der Waals surface area contributed by atoms with Crippen LogP contribution in [0.5, 0.6) is 0 Å². The third-order valence-corrected chi connectivity index (χ3v) is 4.49. The lowest BCUT2D eigenvalue weighted by atomic mass is 10.0. The van der Waals surface area contributed by atoms with Crippen LogP contribution < -0.4 is 5.32 Å². The molecule has 0 atom stereocenters. The van der Waals surface area contributed by atoms with Gasteiger partial charge in [0.1, 0.15) is 11.2 Å². The van der Waals surface area contributed by atoms with Crippen LogP contribution in [0.4, 0.5) is 18.9 Å². The Labute approximate surface area is 145 Å². The van der Waals surface area contributed by atoms with Gasteiger partial charge in [0.15, 0.2) is 0 Å². The number of halogens is 3. The number of rotatable bonds is 3. The Morgan fingerprint density at radius 1 is 1.15 bits per heavy atom. The lowest BCUT2D eigenvalue weighted by Crippen LogP contribution is -2.43. The van der Waals surface area contributed by atoms with E-state index in [0.29, 0.717) is 35.2 Å². The first-order valence-electron chi connectivity index (χ1n) is 7.90. The summed E-state index contributed by atoms with van der Waals surface area (Å²) >= 11 is 0. The standard InChI is InChI=1S/C17H13F3N4O2/c18-17(19,20)11-6-4-10(5-7-11)15-13-2-1-3-14(24(25)26)16(13)23(22-15)12-8-21-9-12/h1-7,12,21H,8-9H2. The molecule has 0 unspecified atom stereocenters. The summed E-state index contributed by atoms with van der Waals surface area (Å²) in [5.74, 6) is 0. The van der Waals surface area contributed by atoms with E-state index in [1.54, 1.807) is 16.8 Å². The maximum Gasteiger partial charge on any atom is 0.416 e. The highest BCUT2D eigenvalue weighted by atomic mass is 19.4. The van der Waals surface area contributed by atoms with Gasteiger partial charge in [-0.1, -0.05) is 24.3 Å². The molecule has 3 aromatic rings. The average molecular weight is 362 g/mol. The maximum atomic E-state index is 12.8. The van der Waals surface area contributed by atoms with E-state index in [-0.39, 0.29) is 11.7 Å². The number of fused-ring (bicyclic) bond motifs is 1. The number of nitrogens with one attached hydrogen (secondary N) is 1. The van der Waals surface area contributed by atoms with E-state index in [1.165, 1.54) is 18.2 Å². The molecule has 0 aliphatic carbocycles. The molecule has 2 heterocycles. The fourth-order valence-electron chi connectivity index (χ4n) is 3.06. The summed E-state index contributed by atoms with van der Waals surface area (Å²) in [4.78, 5) is 11.0. The van der Waals surface area contributed by atoms with Gasteiger partial charge in [-0.2, -0.15) is 18.3 Å². The van der Waals surface area contributed by atoms with Gasteiger partial charge in [0.25, 0.3) is 5.69 Å². The Morgan fingerprint density at radius 3 is 2.38 bits per heavy atom. The topological polar surface area (TPSA) is 73.0 Å². The van der Waals surface area contributed by atoms with E-state index in [9.17, 15) is 23.3 Å². The summed E-state index contributed by atoms with van der Waals surface area (Å²) in [5.41, 5.74) is 0.483. The van der Waals surface area contributed by atoms with Crippen molar-refractivity contribution in [1.82, 2.24) is 15.1 Å². The Kier molecular flexibility index (Phi) is 3.69. The van der Waals surface area contributed by atoms with Gasteiger partial charge in [0.05, 0.1) is 16.5 Å². The van der Waals surface area contributed by atoms with Gasteiger partial charge >= 0.3 is 6.18 Å². The largest absolute Gasteiger partial charge is 0.416 e. The molecule has 9 heteroatoms. The van der Waals surface area contributed by atoms with Crippen molar-refractivity contribution in [2.75, 3.05) is 13.1 Å². The van der Waals surface area contributed by atoms with Crippen LogP contribution in [0, 0.1) is 10.1 Å². The van der Waals surface area contributed by atoms with E-state index >= 15 is 0 Å². The molecule has 1 N–H and O–H groups in total. The number of hydrogen-bond acceptors (Lipinski definition) is 4. The van der Waals surface area contributed by atoms with Crippen LogP contribution in [0.2, 0.25) is 0 Å². The van der Waals surface area contributed by atoms with Crippen molar-refractivity contribution in [2.24, 2.45) is 0 Å². The van der Waals surface area contributed by atoms with Gasteiger partial charge in [0.2, 0.25) is 0 Å². The van der Waals surface area contributed by atoms with Crippen LogP contribution >= 0.6 is 0 Å². The monoisotopic (exact) mass is 362 g/mol. The highest BCUT2D eigenvalue weighted by molar-refractivity contribution is 5.98. The van der Waals surface area contributed by atoms with Crippen LogP contribution in [-0.4, -0.2) is 27.8 Å². The van der Waals surface area contributed by atoms with Gasteiger partial charge < -0.3 is 5.32 Å². The minimum atomic E-state index is -4.42. The van der Waals surface area contributed by atoms with Gasteiger partial charge in [-0.05, 0) is 12.1 Å². The van der Waals surface area contributed by atoms with Crippen molar-refractivity contribution in [3.8, 4) is 11.3 Å². The zero-order valence-electron chi connectivity index (χ0n) is 13.3.